The molecular formula is C11H13ClF4N2. The SMILES string of the molecule is Cl.NC1CC(N)(c2ccc(F)c(C(F)(F)F)c2)C1. The molecule has 0 aromatic heterocycles. The van der Waals surface area contributed by atoms with Crippen LogP contribution in [-0.4, -0.2) is 6.04 Å². The Hall–Kier alpha value is -0.850. The minimum atomic E-state index is -4.71. The average Bonchev–Trinajstić information content (AvgIpc) is 2.14. The summed E-state index contributed by atoms with van der Waals surface area (Å²) in [6.07, 6.45) is -3.88. The molecule has 0 aliphatic heterocycles. The summed E-state index contributed by atoms with van der Waals surface area (Å²) in [6, 6.07) is 2.77. The molecule has 0 atom stereocenters. The molecule has 1 saturated carbocycles. The van der Waals surface area contributed by atoms with Crippen molar-refractivity contribution in [1.82, 2.24) is 0 Å². The normalized spacial score (nSPS) is 27.3. The number of hydrogen-bond acceptors (Lipinski definition) is 2. The standard InChI is InChI=1S/C11H12F4N2.ClH/c12-9-2-1-6(3-8(9)11(13,14)15)10(17)4-7(16)5-10;/h1-3,7H,4-5,16-17H2;1H. The van der Waals surface area contributed by atoms with E-state index in [1.54, 1.807) is 0 Å². The summed E-state index contributed by atoms with van der Waals surface area (Å²) in [5, 5.41) is 0. The summed E-state index contributed by atoms with van der Waals surface area (Å²) >= 11 is 0. The second-order valence-corrected chi connectivity index (χ2v) is 4.52. The van der Waals surface area contributed by atoms with Crippen LogP contribution in [0.25, 0.3) is 0 Å². The third-order valence-corrected chi connectivity index (χ3v) is 3.10. The number of halogens is 5. The van der Waals surface area contributed by atoms with Gasteiger partial charge in [-0.05, 0) is 30.5 Å². The molecule has 0 heterocycles. The molecule has 1 aliphatic rings. The Bertz CT molecular complexity index is 441. The zero-order chi connectivity index (χ0) is 12.8. The van der Waals surface area contributed by atoms with Crippen molar-refractivity contribution < 1.29 is 17.6 Å². The van der Waals surface area contributed by atoms with Gasteiger partial charge in [0.05, 0.1) is 5.56 Å². The molecule has 0 saturated heterocycles. The van der Waals surface area contributed by atoms with Gasteiger partial charge in [-0.2, -0.15) is 13.2 Å². The van der Waals surface area contributed by atoms with Crippen molar-refractivity contribution in [3.63, 3.8) is 0 Å². The molecule has 1 aliphatic carbocycles. The zero-order valence-electron chi connectivity index (χ0n) is 9.30. The van der Waals surface area contributed by atoms with Crippen LogP contribution in [0.15, 0.2) is 18.2 Å². The van der Waals surface area contributed by atoms with E-state index in [9.17, 15) is 17.6 Å². The monoisotopic (exact) mass is 284 g/mol. The minimum Gasteiger partial charge on any atom is -0.328 e. The molecule has 1 aromatic rings. The van der Waals surface area contributed by atoms with E-state index >= 15 is 0 Å². The lowest BCUT2D eigenvalue weighted by Gasteiger charge is -2.43. The number of benzene rings is 1. The van der Waals surface area contributed by atoms with Gasteiger partial charge in [0.1, 0.15) is 5.82 Å². The third kappa shape index (κ3) is 2.60. The van der Waals surface area contributed by atoms with E-state index in [4.69, 9.17) is 11.5 Å². The summed E-state index contributed by atoms with van der Waals surface area (Å²) in [4.78, 5) is 0. The quantitative estimate of drug-likeness (QED) is 0.779. The van der Waals surface area contributed by atoms with Gasteiger partial charge in [-0.1, -0.05) is 6.07 Å². The van der Waals surface area contributed by atoms with Crippen LogP contribution in [0, 0.1) is 5.82 Å². The zero-order valence-corrected chi connectivity index (χ0v) is 10.1. The maximum absolute atomic E-state index is 13.1. The van der Waals surface area contributed by atoms with Gasteiger partial charge in [0.25, 0.3) is 0 Å². The minimum absolute atomic E-state index is 0. The van der Waals surface area contributed by atoms with Gasteiger partial charge >= 0.3 is 6.18 Å². The summed E-state index contributed by atoms with van der Waals surface area (Å²) in [6.45, 7) is 0. The van der Waals surface area contributed by atoms with Crippen LogP contribution in [-0.2, 0) is 11.7 Å². The van der Waals surface area contributed by atoms with Crippen molar-refractivity contribution in [2.75, 3.05) is 0 Å². The van der Waals surface area contributed by atoms with Crippen molar-refractivity contribution in [3.8, 4) is 0 Å². The van der Waals surface area contributed by atoms with Crippen LogP contribution in [0.5, 0.6) is 0 Å². The van der Waals surface area contributed by atoms with Gasteiger partial charge < -0.3 is 11.5 Å². The topological polar surface area (TPSA) is 52.0 Å². The molecule has 0 radical (unpaired) electrons. The first-order valence-electron chi connectivity index (χ1n) is 5.14. The van der Waals surface area contributed by atoms with Crippen LogP contribution in [0.1, 0.15) is 24.0 Å². The molecule has 2 nitrogen and oxygen atoms in total. The predicted octanol–water partition coefficient (Wildman–Crippen LogP) is 2.54. The van der Waals surface area contributed by atoms with E-state index in [1.165, 1.54) is 6.07 Å². The Morgan fingerprint density at radius 3 is 2.22 bits per heavy atom. The summed E-state index contributed by atoms with van der Waals surface area (Å²) < 4.78 is 50.6. The lowest BCUT2D eigenvalue weighted by molar-refractivity contribution is -0.140. The van der Waals surface area contributed by atoms with Gasteiger partial charge in [-0.25, -0.2) is 4.39 Å². The van der Waals surface area contributed by atoms with Gasteiger partial charge in [0, 0.05) is 11.6 Å². The van der Waals surface area contributed by atoms with E-state index in [1.807, 2.05) is 0 Å². The molecule has 1 aromatic carbocycles. The fourth-order valence-electron chi connectivity index (χ4n) is 2.16. The molecule has 1 fully saturated rings. The highest BCUT2D eigenvalue weighted by atomic mass is 35.5. The van der Waals surface area contributed by atoms with E-state index in [0.717, 1.165) is 12.1 Å². The smallest absolute Gasteiger partial charge is 0.328 e. The van der Waals surface area contributed by atoms with Crippen LogP contribution in [0.2, 0.25) is 0 Å². The Morgan fingerprint density at radius 2 is 1.78 bits per heavy atom. The molecule has 2 rings (SSSR count). The number of rotatable bonds is 1. The number of nitrogens with two attached hydrogens (primary N) is 2. The van der Waals surface area contributed by atoms with Crippen LogP contribution in [0.4, 0.5) is 17.6 Å². The van der Waals surface area contributed by atoms with E-state index in [0.29, 0.717) is 12.8 Å². The second-order valence-electron chi connectivity index (χ2n) is 4.52. The van der Waals surface area contributed by atoms with Crippen molar-refractivity contribution in [2.45, 2.75) is 30.6 Å². The van der Waals surface area contributed by atoms with Crippen molar-refractivity contribution in [2.24, 2.45) is 11.5 Å². The summed E-state index contributed by atoms with van der Waals surface area (Å²) in [7, 11) is 0. The average molecular weight is 285 g/mol. The molecule has 0 spiro atoms. The lowest BCUT2D eigenvalue weighted by Crippen LogP contribution is -2.55. The highest BCUT2D eigenvalue weighted by molar-refractivity contribution is 5.85. The molecule has 7 heteroatoms. The van der Waals surface area contributed by atoms with E-state index < -0.39 is 23.1 Å². The fraction of sp³-hybridized carbons (Fsp3) is 0.455. The molecule has 0 bridgehead atoms. The molecule has 18 heavy (non-hydrogen) atoms. The summed E-state index contributed by atoms with van der Waals surface area (Å²) in [5.74, 6) is -1.28. The fourth-order valence-corrected chi connectivity index (χ4v) is 2.16. The van der Waals surface area contributed by atoms with Crippen LogP contribution in [0.3, 0.4) is 0 Å². The van der Waals surface area contributed by atoms with Gasteiger partial charge in [-0.3, -0.25) is 0 Å². The molecule has 4 N–H and O–H groups in total. The molecular weight excluding hydrogens is 272 g/mol. The highest BCUT2D eigenvalue weighted by Crippen LogP contribution is 2.40. The van der Waals surface area contributed by atoms with Crippen LogP contribution >= 0.6 is 12.4 Å². The Labute approximate surface area is 108 Å². The van der Waals surface area contributed by atoms with E-state index in [2.05, 4.69) is 0 Å². The summed E-state index contributed by atoms with van der Waals surface area (Å²) in [5.41, 5.74) is 9.63. The molecule has 0 amide bonds. The highest BCUT2D eigenvalue weighted by Gasteiger charge is 2.42. The van der Waals surface area contributed by atoms with Gasteiger partial charge in [-0.15, -0.1) is 12.4 Å². The third-order valence-electron chi connectivity index (χ3n) is 3.10. The predicted molar refractivity (Wildman–Crippen MR) is 61.7 cm³/mol. The van der Waals surface area contributed by atoms with Gasteiger partial charge in [0.15, 0.2) is 0 Å². The van der Waals surface area contributed by atoms with Gasteiger partial charge in [0.2, 0.25) is 0 Å². The number of alkyl halides is 3. The Balaban J connectivity index is 0.00000162. The van der Waals surface area contributed by atoms with E-state index in [-0.39, 0.29) is 24.0 Å². The first-order valence-corrected chi connectivity index (χ1v) is 5.14. The maximum atomic E-state index is 13.1. The molecule has 0 unspecified atom stereocenters. The lowest BCUT2D eigenvalue weighted by atomic mass is 9.69. The first-order chi connectivity index (χ1) is 7.72. The largest absolute Gasteiger partial charge is 0.419 e. The Morgan fingerprint density at radius 1 is 1.22 bits per heavy atom. The Kier molecular flexibility index (Phi) is 3.95. The van der Waals surface area contributed by atoms with Crippen molar-refractivity contribution in [3.05, 3.63) is 35.1 Å². The molecule has 102 valence electrons. The maximum Gasteiger partial charge on any atom is 0.419 e. The first kappa shape index (κ1) is 15.2. The van der Waals surface area contributed by atoms with Crippen molar-refractivity contribution >= 4 is 12.4 Å². The van der Waals surface area contributed by atoms with Crippen molar-refractivity contribution in [1.29, 1.82) is 0 Å². The number of hydrogen-bond donors (Lipinski definition) is 2. The van der Waals surface area contributed by atoms with Crippen LogP contribution < -0.4 is 11.5 Å². The second kappa shape index (κ2) is 4.68.